The number of carbonyl (C=O) groups is 2. The summed E-state index contributed by atoms with van der Waals surface area (Å²) >= 11 is 5.78. The molecule has 0 N–H and O–H groups in total. The van der Waals surface area contributed by atoms with Crippen molar-refractivity contribution in [2.45, 2.75) is 53.4 Å². The Bertz CT molecular complexity index is 575. The van der Waals surface area contributed by atoms with Gasteiger partial charge < -0.3 is 9.47 Å². The van der Waals surface area contributed by atoms with E-state index in [4.69, 9.17) is 21.1 Å². The number of halogens is 2. The molecule has 0 radical (unpaired) electrons. The summed E-state index contributed by atoms with van der Waals surface area (Å²) < 4.78 is 23.6. The van der Waals surface area contributed by atoms with Crippen molar-refractivity contribution in [3.05, 3.63) is 29.0 Å². The molecule has 6 heteroatoms. The highest BCUT2D eigenvalue weighted by Gasteiger charge is 2.17. The lowest BCUT2D eigenvalue weighted by Crippen LogP contribution is -2.18. The predicted molar refractivity (Wildman–Crippen MR) is 95.1 cm³/mol. The second-order valence-corrected chi connectivity index (χ2v) is 7.84. The number of hydrogen-bond donors (Lipinski definition) is 0. The zero-order valence-electron chi connectivity index (χ0n) is 15.2. The lowest BCUT2D eigenvalue weighted by Gasteiger charge is -2.22. The van der Waals surface area contributed by atoms with Crippen LogP contribution in [0, 0.1) is 17.2 Å². The van der Waals surface area contributed by atoms with Crippen molar-refractivity contribution in [1.82, 2.24) is 0 Å². The molecule has 0 aliphatic carbocycles. The lowest BCUT2D eigenvalue weighted by molar-refractivity contribution is -0.145. The molecule has 0 bridgehead atoms. The van der Waals surface area contributed by atoms with Gasteiger partial charge in [-0.25, -0.2) is 4.39 Å². The number of para-hydroxylation sites is 1. The normalized spacial score (nSPS) is 12.6. The molecular weight excluding hydrogens is 347 g/mol. The number of ether oxygens (including phenoxy) is 2. The summed E-state index contributed by atoms with van der Waals surface area (Å²) in [5, 5.41) is 0.0283. The van der Waals surface area contributed by atoms with Gasteiger partial charge in [0.2, 0.25) is 0 Å². The van der Waals surface area contributed by atoms with Crippen LogP contribution in [0.25, 0.3) is 0 Å². The highest BCUT2D eigenvalue weighted by molar-refractivity contribution is 6.32. The molecule has 0 aliphatic rings. The number of benzene rings is 1. The van der Waals surface area contributed by atoms with Gasteiger partial charge in [0.1, 0.15) is 0 Å². The van der Waals surface area contributed by atoms with Crippen LogP contribution in [-0.2, 0) is 14.3 Å². The van der Waals surface area contributed by atoms with Crippen molar-refractivity contribution in [2.75, 3.05) is 6.61 Å². The summed E-state index contributed by atoms with van der Waals surface area (Å²) in [5.74, 6) is -1.70. The van der Waals surface area contributed by atoms with Gasteiger partial charge in [-0.1, -0.05) is 45.4 Å². The Morgan fingerprint density at radius 1 is 1.20 bits per heavy atom. The minimum atomic E-state index is -0.701. The summed E-state index contributed by atoms with van der Waals surface area (Å²) in [6.07, 6.45) is 1.33. The second kappa shape index (κ2) is 9.76. The molecule has 0 spiro atoms. The fraction of sp³-hybridized carbons (Fsp3) is 0.579. The fourth-order valence-electron chi connectivity index (χ4n) is 2.53. The average Bonchev–Trinajstić information content (AvgIpc) is 2.47. The summed E-state index contributed by atoms with van der Waals surface area (Å²) in [4.78, 5) is 23.4. The maximum Gasteiger partial charge on any atom is 0.311 e. The molecule has 1 rings (SSSR count). The Labute approximate surface area is 153 Å². The molecule has 1 unspecified atom stereocenters. The first-order chi connectivity index (χ1) is 11.6. The zero-order valence-corrected chi connectivity index (χ0v) is 16.0. The number of hydrogen-bond acceptors (Lipinski definition) is 4. The molecule has 0 fully saturated rings. The highest BCUT2D eigenvalue weighted by atomic mass is 35.5. The zero-order chi connectivity index (χ0) is 19.0. The summed E-state index contributed by atoms with van der Waals surface area (Å²) in [6.45, 7) is 8.82. The molecule has 1 atom stereocenters. The molecule has 0 aromatic heterocycles. The summed E-state index contributed by atoms with van der Waals surface area (Å²) in [6, 6.07) is 4.01. The molecule has 0 heterocycles. The van der Waals surface area contributed by atoms with Crippen LogP contribution >= 0.6 is 11.6 Å². The van der Waals surface area contributed by atoms with E-state index in [2.05, 4.69) is 20.8 Å². The Hall–Kier alpha value is -1.62. The van der Waals surface area contributed by atoms with Crippen LogP contribution < -0.4 is 4.74 Å². The topological polar surface area (TPSA) is 52.6 Å². The maximum atomic E-state index is 13.5. The van der Waals surface area contributed by atoms with Gasteiger partial charge in [-0.05, 0) is 36.3 Å². The molecular formula is C19H26ClFO4. The van der Waals surface area contributed by atoms with Gasteiger partial charge in [0, 0.05) is 12.8 Å². The quantitative estimate of drug-likeness (QED) is 0.466. The van der Waals surface area contributed by atoms with E-state index < -0.39 is 11.8 Å². The van der Waals surface area contributed by atoms with E-state index in [-0.39, 0.29) is 47.3 Å². The van der Waals surface area contributed by atoms with Crippen molar-refractivity contribution in [3.8, 4) is 5.75 Å². The Morgan fingerprint density at radius 3 is 2.44 bits per heavy atom. The van der Waals surface area contributed by atoms with Crippen LogP contribution in [0.5, 0.6) is 5.75 Å². The van der Waals surface area contributed by atoms with Crippen molar-refractivity contribution in [1.29, 1.82) is 0 Å². The monoisotopic (exact) mass is 372 g/mol. The first kappa shape index (κ1) is 21.4. The van der Waals surface area contributed by atoms with Gasteiger partial charge in [-0.2, -0.15) is 0 Å². The first-order valence-corrected chi connectivity index (χ1v) is 8.76. The fourth-order valence-corrected chi connectivity index (χ4v) is 2.74. The SMILES string of the molecule is CC(COC(=O)CCCC(=O)Oc1c(F)cccc1Cl)CC(C)(C)C. The molecule has 140 valence electrons. The van der Waals surface area contributed by atoms with Crippen molar-refractivity contribution in [2.24, 2.45) is 11.3 Å². The van der Waals surface area contributed by atoms with Crippen LogP contribution in [0.15, 0.2) is 18.2 Å². The lowest BCUT2D eigenvalue weighted by atomic mass is 9.86. The van der Waals surface area contributed by atoms with Crippen LogP contribution in [0.1, 0.15) is 53.4 Å². The molecule has 0 amide bonds. The third kappa shape index (κ3) is 8.87. The average molecular weight is 373 g/mol. The third-order valence-electron chi connectivity index (χ3n) is 3.39. The van der Waals surface area contributed by atoms with E-state index in [0.717, 1.165) is 12.5 Å². The molecule has 0 saturated carbocycles. The molecule has 1 aromatic rings. The smallest absolute Gasteiger partial charge is 0.311 e. The Balaban J connectivity index is 2.28. The molecule has 0 saturated heterocycles. The van der Waals surface area contributed by atoms with Crippen LogP contribution in [0.2, 0.25) is 5.02 Å². The van der Waals surface area contributed by atoms with E-state index in [9.17, 15) is 14.0 Å². The second-order valence-electron chi connectivity index (χ2n) is 7.43. The Morgan fingerprint density at radius 2 is 1.84 bits per heavy atom. The van der Waals surface area contributed by atoms with Gasteiger partial charge >= 0.3 is 11.9 Å². The van der Waals surface area contributed by atoms with Crippen LogP contribution in [0.4, 0.5) is 4.39 Å². The minimum absolute atomic E-state index is 0.0166. The van der Waals surface area contributed by atoms with Gasteiger partial charge in [-0.3, -0.25) is 9.59 Å². The molecule has 0 aliphatic heterocycles. The van der Waals surface area contributed by atoms with Crippen molar-refractivity contribution >= 4 is 23.5 Å². The predicted octanol–water partition coefficient (Wildman–Crippen LogP) is 5.17. The molecule has 4 nitrogen and oxygen atoms in total. The summed E-state index contributed by atoms with van der Waals surface area (Å²) in [5.41, 5.74) is 0.184. The van der Waals surface area contributed by atoms with E-state index in [1.807, 2.05) is 6.92 Å². The molecule has 1 aromatic carbocycles. The van der Waals surface area contributed by atoms with Crippen LogP contribution in [-0.4, -0.2) is 18.5 Å². The largest absolute Gasteiger partial charge is 0.465 e. The number of esters is 2. The summed E-state index contributed by atoms with van der Waals surface area (Å²) in [7, 11) is 0. The van der Waals surface area contributed by atoms with Gasteiger partial charge in [0.05, 0.1) is 11.6 Å². The van der Waals surface area contributed by atoms with Crippen molar-refractivity contribution in [3.63, 3.8) is 0 Å². The van der Waals surface area contributed by atoms with Gasteiger partial charge in [0.15, 0.2) is 11.6 Å². The van der Waals surface area contributed by atoms with Crippen molar-refractivity contribution < 1.29 is 23.5 Å². The minimum Gasteiger partial charge on any atom is -0.465 e. The molecule has 25 heavy (non-hydrogen) atoms. The highest BCUT2D eigenvalue weighted by Crippen LogP contribution is 2.27. The standard InChI is InChI=1S/C19H26ClFO4/c1-13(11-19(2,3)4)12-24-16(22)9-6-10-17(23)25-18-14(20)7-5-8-15(18)21/h5,7-8,13H,6,9-12H2,1-4H3. The van der Waals surface area contributed by atoms with Gasteiger partial charge in [-0.15, -0.1) is 0 Å². The van der Waals surface area contributed by atoms with E-state index in [1.54, 1.807) is 0 Å². The van der Waals surface area contributed by atoms with E-state index >= 15 is 0 Å². The number of rotatable bonds is 8. The van der Waals surface area contributed by atoms with Crippen LogP contribution in [0.3, 0.4) is 0 Å². The first-order valence-electron chi connectivity index (χ1n) is 8.39. The van der Waals surface area contributed by atoms with E-state index in [1.165, 1.54) is 12.1 Å². The Kier molecular flexibility index (Phi) is 8.36. The maximum absolute atomic E-state index is 13.5. The third-order valence-corrected chi connectivity index (χ3v) is 3.68. The van der Waals surface area contributed by atoms with Gasteiger partial charge in [0.25, 0.3) is 0 Å². The number of carbonyl (C=O) groups excluding carboxylic acids is 2. The van der Waals surface area contributed by atoms with E-state index in [0.29, 0.717) is 6.61 Å².